The van der Waals surface area contributed by atoms with Crippen molar-refractivity contribution in [2.45, 2.75) is 42.6 Å². The maximum absolute atomic E-state index is 12.7. The van der Waals surface area contributed by atoms with Gasteiger partial charge in [0.25, 0.3) is 0 Å². The molecule has 0 saturated carbocycles. The molecule has 0 aliphatic carbocycles. The fourth-order valence-electron chi connectivity index (χ4n) is 2.47. The van der Waals surface area contributed by atoms with Crippen molar-refractivity contribution < 1.29 is 4.79 Å². The first-order valence-electron chi connectivity index (χ1n) is 7.56. The number of hydrogen-bond donors (Lipinski definition) is 1. The minimum Gasteiger partial charge on any atom is -0.326 e. The highest BCUT2D eigenvalue weighted by Crippen LogP contribution is 2.40. The molecule has 1 N–H and O–H groups in total. The first-order valence-corrected chi connectivity index (χ1v) is 13.2. The second-order valence-corrected chi connectivity index (χ2v) is 14.9. The highest BCUT2D eigenvalue weighted by molar-refractivity contribution is 8.17. The minimum atomic E-state index is -1.53. The molecule has 21 heavy (non-hydrogen) atoms. The maximum Gasteiger partial charge on any atom is 0.224 e. The predicted molar refractivity (Wildman–Crippen MR) is 100 cm³/mol. The van der Waals surface area contributed by atoms with Gasteiger partial charge in [0, 0.05) is 11.2 Å². The van der Waals surface area contributed by atoms with Crippen LogP contribution in [0.5, 0.6) is 0 Å². The van der Waals surface area contributed by atoms with E-state index in [4.69, 9.17) is 0 Å². The zero-order valence-electron chi connectivity index (χ0n) is 13.1. The lowest BCUT2D eigenvalue weighted by molar-refractivity contribution is -0.116. The molecule has 0 spiro atoms. The number of amides is 1. The SMILES string of the molecule is C[Si](C)(C)C(CC1SCCCS1)C(=O)Nc1ccccc1. The second-order valence-electron chi connectivity index (χ2n) is 6.53. The number of thioether (sulfide) groups is 2. The van der Waals surface area contributed by atoms with Crippen molar-refractivity contribution in [3.63, 3.8) is 0 Å². The molecule has 1 aromatic carbocycles. The molecule has 0 aromatic heterocycles. The Morgan fingerprint density at radius 2 is 1.86 bits per heavy atom. The van der Waals surface area contributed by atoms with E-state index in [0.717, 1.165) is 12.1 Å². The van der Waals surface area contributed by atoms with E-state index in [1.165, 1.54) is 17.9 Å². The molecule has 5 heteroatoms. The van der Waals surface area contributed by atoms with Crippen molar-refractivity contribution in [3.05, 3.63) is 30.3 Å². The van der Waals surface area contributed by atoms with Gasteiger partial charge in [-0.3, -0.25) is 4.79 Å². The quantitative estimate of drug-likeness (QED) is 0.772. The smallest absolute Gasteiger partial charge is 0.224 e. The van der Waals surface area contributed by atoms with Crippen LogP contribution in [0.4, 0.5) is 5.69 Å². The van der Waals surface area contributed by atoms with Crippen LogP contribution in [-0.4, -0.2) is 30.1 Å². The summed E-state index contributed by atoms with van der Waals surface area (Å²) >= 11 is 4.07. The summed E-state index contributed by atoms with van der Waals surface area (Å²) in [6.07, 6.45) is 2.32. The van der Waals surface area contributed by atoms with E-state index in [9.17, 15) is 4.79 Å². The number of rotatable bonds is 5. The van der Waals surface area contributed by atoms with Gasteiger partial charge in [0.15, 0.2) is 0 Å². The van der Waals surface area contributed by atoms with Crippen molar-refractivity contribution in [1.29, 1.82) is 0 Å². The van der Waals surface area contributed by atoms with Gasteiger partial charge in [-0.1, -0.05) is 37.8 Å². The Morgan fingerprint density at radius 1 is 1.24 bits per heavy atom. The Morgan fingerprint density at radius 3 is 2.43 bits per heavy atom. The van der Waals surface area contributed by atoms with Gasteiger partial charge in [-0.05, 0) is 36.5 Å². The van der Waals surface area contributed by atoms with Crippen LogP contribution in [0, 0.1) is 0 Å². The molecule has 2 rings (SSSR count). The number of hydrogen-bond acceptors (Lipinski definition) is 3. The third-order valence-electron chi connectivity index (χ3n) is 3.73. The van der Waals surface area contributed by atoms with Gasteiger partial charge in [0.1, 0.15) is 0 Å². The molecular weight excluding hydrogens is 314 g/mol. The number of para-hydroxylation sites is 1. The topological polar surface area (TPSA) is 29.1 Å². The Labute approximate surface area is 137 Å². The van der Waals surface area contributed by atoms with Gasteiger partial charge in [-0.2, -0.15) is 0 Å². The largest absolute Gasteiger partial charge is 0.326 e. The molecule has 1 unspecified atom stereocenters. The average Bonchev–Trinajstić information content (AvgIpc) is 2.45. The molecule has 1 atom stereocenters. The van der Waals surface area contributed by atoms with Crippen molar-refractivity contribution >= 4 is 43.2 Å². The van der Waals surface area contributed by atoms with Crippen molar-refractivity contribution in [2.75, 3.05) is 16.8 Å². The lowest BCUT2D eigenvalue weighted by Crippen LogP contribution is -2.38. The number of anilines is 1. The normalized spacial score (nSPS) is 18.2. The maximum atomic E-state index is 12.7. The molecule has 2 nitrogen and oxygen atoms in total. The zero-order chi connectivity index (χ0) is 15.3. The fraction of sp³-hybridized carbons (Fsp3) is 0.562. The van der Waals surface area contributed by atoms with E-state index in [1.54, 1.807) is 0 Å². The predicted octanol–water partition coefficient (Wildman–Crippen LogP) is 4.92. The fourth-order valence-corrected chi connectivity index (χ4v) is 7.56. The van der Waals surface area contributed by atoms with Crippen LogP contribution in [0.2, 0.25) is 25.2 Å². The average molecular weight is 340 g/mol. The third-order valence-corrected chi connectivity index (χ3v) is 9.31. The minimum absolute atomic E-state index is 0.181. The van der Waals surface area contributed by atoms with Gasteiger partial charge >= 0.3 is 0 Å². The van der Waals surface area contributed by atoms with Crippen LogP contribution in [-0.2, 0) is 4.79 Å². The summed E-state index contributed by atoms with van der Waals surface area (Å²) in [6.45, 7) is 6.92. The number of carbonyl (C=O) groups excluding carboxylic acids is 1. The van der Waals surface area contributed by atoms with E-state index in [-0.39, 0.29) is 11.4 Å². The summed E-state index contributed by atoms with van der Waals surface area (Å²) < 4.78 is 0.594. The van der Waals surface area contributed by atoms with Crippen LogP contribution >= 0.6 is 23.5 Å². The van der Waals surface area contributed by atoms with Crippen LogP contribution < -0.4 is 5.32 Å². The summed E-state index contributed by atoms with van der Waals surface area (Å²) in [6, 6.07) is 9.82. The molecule has 1 aliphatic rings. The van der Waals surface area contributed by atoms with E-state index in [1.807, 2.05) is 53.9 Å². The summed E-state index contributed by atoms with van der Waals surface area (Å²) in [5.41, 5.74) is 1.09. The lowest BCUT2D eigenvalue weighted by Gasteiger charge is -2.32. The number of benzene rings is 1. The molecule has 0 bridgehead atoms. The van der Waals surface area contributed by atoms with Crippen LogP contribution in [0.25, 0.3) is 0 Å². The first kappa shape index (κ1) is 17.0. The molecule has 0 radical (unpaired) electrons. The molecular formula is C16H25NOS2Si. The highest BCUT2D eigenvalue weighted by Gasteiger charge is 2.35. The number of carbonyl (C=O) groups is 1. The highest BCUT2D eigenvalue weighted by atomic mass is 32.2. The molecule has 1 aliphatic heterocycles. The van der Waals surface area contributed by atoms with Gasteiger partial charge in [0.2, 0.25) is 5.91 Å². The van der Waals surface area contributed by atoms with Gasteiger partial charge in [-0.25, -0.2) is 0 Å². The van der Waals surface area contributed by atoms with Gasteiger partial charge < -0.3 is 5.32 Å². The summed E-state index contributed by atoms with van der Waals surface area (Å²) in [4.78, 5) is 12.7. The molecule has 1 fully saturated rings. The van der Waals surface area contributed by atoms with Crippen molar-refractivity contribution in [3.8, 4) is 0 Å². The summed E-state index contributed by atoms with van der Waals surface area (Å²) in [7, 11) is -1.53. The Balaban J connectivity index is 2.03. The molecule has 1 saturated heterocycles. The molecule has 1 aromatic rings. The van der Waals surface area contributed by atoms with Crippen molar-refractivity contribution in [1.82, 2.24) is 0 Å². The molecule has 1 heterocycles. The summed E-state index contributed by atoms with van der Waals surface area (Å²) in [5.74, 6) is 2.71. The first-order chi connectivity index (χ1) is 9.97. The number of nitrogens with one attached hydrogen (secondary N) is 1. The Bertz CT molecular complexity index is 455. The summed E-state index contributed by atoms with van der Waals surface area (Å²) in [5, 5.41) is 3.12. The van der Waals surface area contributed by atoms with Gasteiger partial charge in [-0.15, -0.1) is 23.5 Å². The molecule has 116 valence electrons. The Kier molecular flexibility index (Phi) is 6.26. The van der Waals surface area contributed by atoms with E-state index >= 15 is 0 Å². The zero-order valence-corrected chi connectivity index (χ0v) is 15.7. The second kappa shape index (κ2) is 7.74. The Hall–Kier alpha value is -0.393. The van der Waals surface area contributed by atoms with E-state index < -0.39 is 8.07 Å². The van der Waals surface area contributed by atoms with Crippen LogP contribution in [0.3, 0.4) is 0 Å². The van der Waals surface area contributed by atoms with Crippen molar-refractivity contribution in [2.24, 2.45) is 0 Å². The van der Waals surface area contributed by atoms with Gasteiger partial charge in [0.05, 0.1) is 12.7 Å². The lowest BCUT2D eigenvalue weighted by atomic mass is 10.2. The van der Waals surface area contributed by atoms with E-state index in [0.29, 0.717) is 4.58 Å². The third kappa shape index (κ3) is 5.38. The standard InChI is InChI=1S/C16H25NOS2Si/c1-21(2,3)14(12-15-19-10-7-11-20-15)16(18)17-13-8-5-4-6-9-13/h4-6,8-9,14-15H,7,10-12H2,1-3H3,(H,17,18). The van der Waals surface area contributed by atoms with Crippen LogP contribution in [0.15, 0.2) is 30.3 Å². The molecule has 1 amide bonds. The van der Waals surface area contributed by atoms with Crippen LogP contribution in [0.1, 0.15) is 12.8 Å². The monoisotopic (exact) mass is 339 g/mol. The van der Waals surface area contributed by atoms with E-state index in [2.05, 4.69) is 25.0 Å².